The van der Waals surface area contributed by atoms with Crippen LogP contribution in [-0.2, 0) is 0 Å². The molecule has 1 aromatic carbocycles. The van der Waals surface area contributed by atoms with Crippen LogP contribution in [0.1, 0.15) is 5.56 Å². The molecule has 0 unspecified atom stereocenters. The van der Waals surface area contributed by atoms with Crippen LogP contribution >= 0.6 is 0 Å². The van der Waals surface area contributed by atoms with Crippen molar-refractivity contribution < 1.29 is 9.47 Å². The molecule has 0 aromatic heterocycles. The van der Waals surface area contributed by atoms with Crippen molar-refractivity contribution in [1.82, 2.24) is 10.2 Å². The summed E-state index contributed by atoms with van der Waals surface area (Å²) in [5, 5.41) is 3.35. The summed E-state index contributed by atoms with van der Waals surface area (Å²) in [5.41, 5.74) is 0.951. The Labute approximate surface area is 120 Å². The van der Waals surface area contributed by atoms with Crippen LogP contribution in [0.4, 0.5) is 0 Å². The lowest BCUT2D eigenvalue weighted by molar-refractivity contribution is 0.248. The maximum atomic E-state index is 5.33. The van der Waals surface area contributed by atoms with Crippen LogP contribution in [0.3, 0.4) is 0 Å². The number of piperazine rings is 1. The largest absolute Gasteiger partial charge is 0.497 e. The Morgan fingerprint density at radius 2 is 2.05 bits per heavy atom. The van der Waals surface area contributed by atoms with Crippen molar-refractivity contribution >= 4 is 6.21 Å². The van der Waals surface area contributed by atoms with Gasteiger partial charge >= 0.3 is 0 Å². The van der Waals surface area contributed by atoms with Crippen LogP contribution in [0.5, 0.6) is 11.5 Å². The Balaban J connectivity index is 1.89. The van der Waals surface area contributed by atoms with E-state index in [-0.39, 0.29) is 0 Å². The van der Waals surface area contributed by atoms with Crippen LogP contribution < -0.4 is 14.8 Å². The molecular formula is C15H23N3O2. The third-order valence-electron chi connectivity index (χ3n) is 3.42. The first-order chi connectivity index (χ1) is 9.83. The third-order valence-corrected chi connectivity index (χ3v) is 3.42. The molecule has 0 radical (unpaired) electrons. The summed E-state index contributed by atoms with van der Waals surface area (Å²) in [6.07, 6.45) is 1.86. The fourth-order valence-electron chi connectivity index (χ4n) is 2.24. The molecule has 1 heterocycles. The summed E-state index contributed by atoms with van der Waals surface area (Å²) in [7, 11) is 3.33. The standard InChI is InChI=1S/C15H23N3O2/c1-19-14-3-4-15(20-2)13(11-14)12-17-7-10-18-8-5-16-6-9-18/h3-4,11-12,16H,5-10H2,1-2H3. The van der Waals surface area contributed by atoms with Gasteiger partial charge in [0, 0.05) is 44.5 Å². The van der Waals surface area contributed by atoms with Gasteiger partial charge < -0.3 is 14.8 Å². The van der Waals surface area contributed by atoms with Crippen molar-refractivity contribution in [2.75, 3.05) is 53.5 Å². The normalized spacial score (nSPS) is 16.5. The predicted octanol–water partition coefficient (Wildman–Crippen LogP) is 1.03. The topological polar surface area (TPSA) is 46.1 Å². The third kappa shape index (κ3) is 4.21. The van der Waals surface area contributed by atoms with E-state index in [0.717, 1.165) is 56.3 Å². The lowest BCUT2D eigenvalue weighted by Gasteiger charge is -2.26. The first-order valence-electron chi connectivity index (χ1n) is 6.98. The molecule has 0 spiro atoms. The van der Waals surface area contributed by atoms with Crippen LogP contribution in [0.2, 0.25) is 0 Å². The van der Waals surface area contributed by atoms with Gasteiger partial charge in [0.25, 0.3) is 0 Å². The minimum Gasteiger partial charge on any atom is -0.497 e. The van der Waals surface area contributed by atoms with Gasteiger partial charge in [0.1, 0.15) is 11.5 Å². The van der Waals surface area contributed by atoms with E-state index in [2.05, 4.69) is 15.2 Å². The summed E-state index contributed by atoms with van der Waals surface area (Å²) < 4.78 is 10.5. The zero-order valence-electron chi connectivity index (χ0n) is 12.3. The van der Waals surface area contributed by atoms with Crippen LogP contribution in [-0.4, -0.2) is 64.6 Å². The second-order valence-electron chi connectivity index (χ2n) is 4.73. The first-order valence-corrected chi connectivity index (χ1v) is 6.98. The van der Waals surface area contributed by atoms with Gasteiger partial charge in [-0.15, -0.1) is 0 Å². The van der Waals surface area contributed by atoms with E-state index < -0.39 is 0 Å². The predicted molar refractivity (Wildman–Crippen MR) is 81.3 cm³/mol. The highest BCUT2D eigenvalue weighted by Crippen LogP contribution is 2.22. The van der Waals surface area contributed by atoms with Crippen molar-refractivity contribution in [2.45, 2.75) is 0 Å². The highest BCUT2D eigenvalue weighted by atomic mass is 16.5. The lowest BCUT2D eigenvalue weighted by Crippen LogP contribution is -2.44. The quantitative estimate of drug-likeness (QED) is 0.789. The lowest BCUT2D eigenvalue weighted by atomic mass is 10.2. The molecule has 20 heavy (non-hydrogen) atoms. The molecule has 0 atom stereocenters. The number of hydrogen-bond acceptors (Lipinski definition) is 5. The van der Waals surface area contributed by atoms with Gasteiger partial charge in [0.2, 0.25) is 0 Å². The molecule has 1 aliphatic rings. The summed E-state index contributed by atoms with van der Waals surface area (Å²) in [4.78, 5) is 6.92. The Bertz CT molecular complexity index is 443. The van der Waals surface area contributed by atoms with E-state index in [1.807, 2.05) is 24.4 Å². The second-order valence-corrected chi connectivity index (χ2v) is 4.73. The Hall–Kier alpha value is -1.59. The smallest absolute Gasteiger partial charge is 0.127 e. The molecule has 5 heteroatoms. The van der Waals surface area contributed by atoms with Crippen LogP contribution in [0, 0.1) is 0 Å². The molecule has 0 aliphatic carbocycles. The van der Waals surface area contributed by atoms with Crippen molar-refractivity contribution in [3.63, 3.8) is 0 Å². The molecule has 0 saturated carbocycles. The number of hydrogen-bond donors (Lipinski definition) is 1. The Morgan fingerprint density at radius 3 is 2.75 bits per heavy atom. The fourth-order valence-corrected chi connectivity index (χ4v) is 2.24. The fraction of sp³-hybridized carbons (Fsp3) is 0.533. The molecular weight excluding hydrogens is 254 g/mol. The summed E-state index contributed by atoms with van der Waals surface area (Å²) in [6.45, 7) is 6.18. The van der Waals surface area contributed by atoms with Gasteiger partial charge in [-0.3, -0.25) is 9.89 Å². The molecule has 1 fully saturated rings. The number of nitrogens with zero attached hydrogens (tertiary/aromatic N) is 2. The van der Waals surface area contributed by atoms with E-state index in [0.29, 0.717) is 0 Å². The number of methoxy groups -OCH3 is 2. The van der Waals surface area contributed by atoms with Gasteiger partial charge in [-0.25, -0.2) is 0 Å². The van der Waals surface area contributed by atoms with E-state index in [9.17, 15) is 0 Å². The van der Waals surface area contributed by atoms with Crippen LogP contribution in [0.25, 0.3) is 0 Å². The number of ether oxygens (including phenoxy) is 2. The maximum Gasteiger partial charge on any atom is 0.127 e. The molecule has 1 saturated heterocycles. The number of aliphatic imine (C=N–C) groups is 1. The summed E-state index contributed by atoms with van der Waals surface area (Å²) in [5.74, 6) is 1.63. The van der Waals surface area contributed by atoms with Crippen LogP contribution in [0.15, 0.2) is 23.2 Å². The molecule has 1 N–H and O–H groups in total. The average molecular weight is 277 g/mol. The monoisotopic (exact) mass is 277 g/mol. The SMILES string of the molecule is COc1ccc(OC)c(C=NCCN2CCNCC2)c1. The zero-order valence-corrected chi connectivity index (χ0v) is 12.3. The number of benzene rings is 1. The van der Waals surface area contributed by atoms with Crippen molar-refractivity contribution in [3.05, 3.63) is 23.8 Å². The van der Waals surface area contributed by atoms with E-state index >= 15 is 0 Å². The second kappa shape index (κ2) is 7.87. The molecule has 110 valence electrons. The van der Waals surface area contributed by atoms with E-state index in [1.165, 1.54) is 0 Å². The van der Waals surface area contributed by atoms with E-state index in [4.69, 9.17) is 9.47 Å². The van der Waals surface area contributed by atoms with Crippen molar-refractivity contribution in [2.24, 2.45) is 4.99 Å². The van der Waals surface area contributed by atoms with E-state index in [1.54, 1.807) is 14.2 Å². The summed E-state index contributed by atoms with van der Waals surface area (Å²) >= 11 is 0. The number of rotatable bonds is 6. The highest BCUT2D eigenvalue weighted by Gasteiger charge is 2.08. The minimum absolute atomic E-state index is 0.806. The molecule has 5 nitrogen and oxygen atoms in total. The minimum atomic E-state index is 0.806. The first kappa shape index (κ1) is 14.8. The molecule has 1 aliphatic heterocycles. The van der Waals surface area contributed by atoms with Gasteiger partial charge in [-0.2, -0.15) is 0 Å². The van der Waals surface area contributed by atoms with Crippen molar-refractivity contribution in [1.29, 1.82) is 0 Å². The van der Waals surface area contributed by atoms with Gasteiger partial charge in [0.15, 0.2) is 0 Å². The Morgan fingerprint density at radius 1 is 1.25 bits per heavy atom. The molecule has 0 amide bonds. The zero-order chi connectivity index (χ0) is 14.2. The average Bonchev–Trinajstić information content (AvgIpc) is 2.52. The highest BCUT2D eigenvalue weighted by molar-refractivity contribution is 5.84. The molecule has 0 bridgehead atoms. The van der Waals surface area contributed by atoms with Crippen molar-refractivity contribution in [3.8, 4) is 11.5 Å². The van der Waals surface area contributed by atoms with Gasteiger partial charge in [-0.1, -0.05) is 0 Å². The Kier molecular flexibility index (Phi) is 5.83. The van der Waals surface area contributed by atoms with Gasteiger partial charge in [-0.05, 0) is 18.2 Å². The van der Waals surface area contributed by atoms with Gasteiger partial charge in [0.05, 0.1) is 20.8 Å². The molecule has 2 rings (SSSR count). The summed E-state index contributed by atoms with van der Waals surface area (Å²) in [6, 6.07) is 5.72. The maximum absolute atomic E-state index is 5.33. The number of nitrogens with one attached hydrogen (secondary N) is 1. The molecule has 1 aromatic rings.